The lowest BCUT2D eigenvalue weighted by Gasteiger charge is -2.14. The number of nitrogens with zero attached hydrogens (tertiary/aromatic N) is 1. The number of pyridine rings is 1. The second-order valence-corrected chi connectivity index (χ2v) is 7.12. The van der Waals surface area contributed by atoms with Crippen LogP contribution >= 0.6 is 0 Å². The van der Waals surface area contributed by atoms with E-state index in [1.807, 2.05) is 24.3 Å². The molecular weight excluding hydrogens is 366 g/mol. The fourth-order valence-electron chi connectivity index (χ4n) is 3.43. The lowest BCUT2D eigenvalue weighted by molar-refractivity contribution is 0.0950. The fourth-order valence-corrected chi connectivity index (χ4v) is 3.43. The van der Waals surface area contributed by atoms with Gasteiger partial charge in [-0.25, -0.2) is 0 Å². The third-order valence-electron chi connectivity index (χ3n) is 5.06. The molecular formula is C23H29N3O3. The Bertz CT molecular complexity index is 864. The molecule has 0 atom stereocenters. The zero-order valence-electron chi connectivity index (χ0n) is 17.2. The minimum Gasteiger partial charge on any atom is -0.493 e. The van der Waals surface area contributed by atoms with Crippen molar-refractivity contribution in [1.29, 1.82) is 0 Å². The van der Waals surface area contributed by atoms with E-state index in [1.54, 1.807) is 26.6 Å². The molecule has 0 bridgehead atoms. The van der Waals surface area contributed by atoms with Crippen LogP contribution in [0, 0.1) is 0 Å². The highest BCUT2D eigenvalue weighted by Gasteiger charge is 2.09. The minimum atomic E-state index is -0.161. The van der Waals surface area contributed by atoms with Crippen LogP contribution in [0.2, 0.25) is 0 Å². The molecule has 1 aromatic carbocycles. The van der Waals surface area contributed by atoms with Crippen LogP contribution in [0.4, 0.5) is 5.69 Å². The topological polar surface area (TPSA) is 72.5 Å². The minimum absolute atomic E-state index is 0.161. The van der Waals surface area contributed by atoms with Gasteiger partial charge in [0.05, 0.1) is 25.5 Å². The molecule has 0 radical (unpaired) electrons. The van der Waals surface area contributed by atoms with Crippen molar-refractivity contribution < 1.29 is 14.3 Å². The number of rotatable bonds is 9. The lowest BCUT2D eigenvalue weighted by atomic mass is 9.97. The largest absolute Gasteiger partial charge is 0.493 e. The Kier molecular flexibility index (Phi) is 7.50. The SMILES string of the molecule is COc1ccc(CNC(=O)c2cncc(NCCC3=CCCCC3)c2)cc1OC. The number of anilines is 1. The maximum Gasteiger partial charge on any atom is 0.253 e. The third kappa shape index (κ3) is 5.98. The van der Waals surface area contributed by atoms with Gasteiger partial charge < -0.3 is 20.1 Å². The van der Waals surface area contributed by atoms with Gasteiger partial charge in [0.15, 0.2) is 11.5 Å². The number of ether oxygens (including phenoxy) is 2. The zero-order chi connectivity index (χ0) is 20.5. The van der Waals surface area contributed by atoms with Crippen LogP contribution in [0.5, 0.6) is 11.5 Å². The van der Waals surface area contributed by atoms with Crippen LogP contribution < -0.4 is 20.1 Å². The summed E-state index contributed by atoms with van der Waals surface area (Å²) in [5.41, 5.74) is 3.85. The normalized spacial score (nSPS) is 13.4. The Labute approximate surface area is 172 Å². The summed E-state index contributed by atoms with van der Waals surface area (Å²) >= 11 is 0. The number of allylic oxidation sites excluding steroid dienone is 1. The van der Waals surface area contributed by atoms with Gasteiger partial charge in [-0.3, -0.25) is 9.78 Å². The number of amides is 1. The smallest absolute Gasteiger partial charge is 0.253 e. The van der Waals surface area contributed by atoms with E-state index in [1.165, 1.54) is 31.3 Å². The average Bonchev–Trinajstić information content (AvgIpc) is 2.78. The molecule has 6 nitrogen and oxygen atoms in total. The summed E-state index contributed by atoms with van der Waals surface area (Å²) in [6, 6.07) is 7.42. The van der Waals surface area contributed by atoms with Crippen molar-refractivity contribution in [3.63, 3.8) is 0 Å². The van der Waals surface area contributed by atoms with E-state index in [4.69, 9.17) is 9.47 Å². The number of methoxy groups -OCH3 is 2. The molecule has 1 aliphatic carbocycles. The van der Waals surface area contributed by atoms with Crippen molar-refractivity contribution in [3.05, 3.63) is 59.4 Å². The number of carbonyl (C=O) groups excluding carboxylic acids is 1. The van der Waals surface area contributed by atoms with E-state index in [-0.39, 0.29) is 5.91 Å². The predicted molar refractivity (Wildman–Crippen MR) is 115 cm³/mol. The molecule has 3 rings (SSSR count). The molecule has 0 unspecified atom stereocenters. The van der Waals surface area contributed by atoms with Crippen LogP contribution in [0.15, 0.2) is 48.3 Å². The molecule has 6 heteroatoms. The predicted octanol–water partition coefficient (Wildman–Crippen LogP) is 4.33. The maximum absolute atomic E-state index is 12.5. The number of nitrogens with one attached hydrogen (secondary N) is 2. The van der Waals surface area contributed by atoms with Crippen molar-refractivity contribution in [2.75, 3.05) is 26.1 Å². The Morgan fingerprint density at radius 3 is 2.72 bits per heavy atom. The van der Waals surface area contributed by atoms with E-state index in [2.05, 4.69) is 21.7 Å². The van der Waals surface area contributed by atoms with Gasteiger partial charge in [-0.15, -0.1) is 0 Å². The molecule has 0 saturated heterocycles. The molecule has 2 N–H and O–H groups in total. The highest BCUT2D eigenvalue weighted by atomic mass is 16.5. The number of aromatic nitrogens is 1. The Hall–Kier alpha value is -3.02. The maximum atomic E-state index is 12.5. The van der Waals surface area contributed by atoms with Crippen molar-refractivity contribution in [2.24, 2.45) is 0 Å². The van der Waals surface area contributed by atoms with Crippen molar-refractivity contribution in [1.82, 2.24) is 10.3 Å². The van der Waals surface area contributed by atoms with Gasteiger partial charge in [0.25, 0.3) is 5.91 Å². The van der Waals surface area contributed by atoms with E-state index >= 15 is 0 Å². The first-order valence-electron chi connectivity index (χ1n) is 10.1. The van der Waals surface area contributed by atoms with Gasteiger partial charge in [-0.1, -0.05) is 17.7 Å². The number of hydrogen-bond donors (Lipinski definition) is 2. The molecule has 2 aromatic rings. The van der Waals surface area contributed by atoms with E-state index in [9.17, 15) is 4.79 Å². The number of hydrogen-bond acceptors (Lipinski definition) is 5. The van der Waals surface area contributed by atoms with Crippen molar-refractivity contribution in [2.45, 2.75) is 38.6 Å². The first-order valence-corrected chi connectivity index (χ1v) is 10.1. The summed E-state index contributed by atoms with van der Waals surface area (Å²) in [4.78, 5) is 16.7. The monoisotopic (exact) mass is 395 g/mol. The van der Waals surface area contributed by atoms with Gasteiger partial charge in [0, 0.05) is 25.5 Å². The number of benzene rings is 1. The second kappa shape index (κ2) is 10.5. The summed E-state index contributed by atoms with van der Waals surface area (Å²) in [5, 5.41) is 6.30. The second-order valence-electron chi connectivity index (χ2n) is 7.12. The molecule has 1 amide bonds. The first kappa shape index (κ1) is 20.7. The molecule has 0 spiro atoms. The van der Waals surface area contributed by atoms with Gasteiger partial charge in [0.1, 0.15) is 0 Å². The standard InChI is InChI=1S/C23H29N3O3/c1-28-21-9-8-18(12-22(21)29-2)14-26-23(27)19-13-20(16-24-15-19)25-11-10-17-6-4-3-5-7-17/h6,8-9,12-13,15-16,25H,3-5,7,10-11,14H2,1-2H3,(H,26,27). The van der Waals surface area contributed by atoms with Crippen LogP contribution in [-0.4, -0.2) is 31.7 Å². The highest BCUT2D eigenvalue weighted by molar-refractivity contribution is 5.94. The average molecular weight is 396 g/mol. The van der Waals surface area contributed by atoms with Crippen molar-refractivity contribution >= 4 is 11.6 Å². The lowest BCUT2D eigenvalue weighted by Crippen LogP contribution is -2.23. The number of carbonyl (C=O) groups is 1. The molecule has 1 aliphatic rings. The zero-order valence-corrected chi connectivity index (χ0v) is 17.2. The van der Waals surface area contributed by atoms with Gasteiger partial charge in [0.2, 0.25) is 0 Å². The van der Waals surface area contributed by atoms with Crippen LogP contribution in [0.25, 0.3) is 0 Å². The Balaban J connectivity index is 1.53. The van der Waals surface area contributed by atoms with Gasteiger partial charge in [-0.2, -0.15) is 0 Å². The van der Waals surface area contributed by atoms with Crippen LogP contribution in [0.1, 0.15) is 48.0 Å². The van der Waals surface area contributed by atoms with Crippen molar-refractivity contribution in [3.8, 4) is 11.5 Å². The van der Waals surface area contributed by atoms with Gasteiger partial charge >= 0.3 is 0 Å². The Morgan fingerprint density at radius 1 is 1.10 bits per heavy atom. The van der Waals surface area contributed by atoms with Gasteiger partial charge in [-0.05, 0) is 55.9 Å². The molecule has 0 saturated carbocycles. The van der Waals surface area contributed by atoms with E-state index < -0.39 is 0 Å². The summed E-state index contributed by atoms with van der Waals surface area (Å²) in [7, 11) is 3.19. The Morgan fingerprint density at radius 2 is 1.97 bits per heavy atom. The third-order valence-corrected chi connectivity index (χ3v) is 5.06. The van der Waals surface area contributed by atoms with E-state index in [0.717, 1.165) is 24.2 Å². The molecule has 0 fully saturated rings. The molecule has 29 heavy (non-hydrogen) atoms. The fraction of sp³-hybridized carbons (Fsp3) is 0.391. The molecule has 0 aliphatic heterocycles. The summed E-state index contributed by atoms with van der Waals surface area (Å²) in [5.74, 6) is 1.14. The molecule has 1 aromatic heterocycles. The summed E-state index contributed by atoms with van der Waals surface area (Å²) in [6.07, 6.45) is 11.7. The molecule has 1 heterocycles. The molecule has 154 valence electrons. The summed E-state index contributed by atoms with van der Waals surface area (Å²) in [6.45, 7) is 1.25. The van der Waals surface area contributed by atoms with Crippen LogP contribution in [-0.2, 0) is 6.54 Å². The first-order chi connectivity index (χ1) is 14.2. The quantitative estimate of drug-likeness (QED) is 0.618. The van der Waals surface area contributed by atoms with E-state index in [0.29, 0.717) is 23.6 Å². The highest BCUT2D eigenvalue weighted by Crippen LogP contribution is 2.27. The summed E-state index contributed by atoms with van der Waals surface area (Å²) < 4.78 is 10.5. The van der Waals surface area contributed by atoms with Crippen LogP contribution in [0.3, 0.4) is 0 Å².